The van der Waals surface area contributed by atoms with E-state index in [-0.39, 0.29) is 17.0 Å². The molecular weight excluding hydrogens is 465 g/mol. The van der Waals surface area contributed by atoms with Crippen LogP contribution in [0.25, 0.3) is 16.6 Å². The third-order valence-electron chi connectivity index (χ3n) is 6.67. The van der Waals surface area contributed by atoms with Gasteiger partial charge in [-0.1, -0.05) is 31.5 Å². The number of nitrogens with one attached hydrogen (secondary N) is 1. The number of benzene rings is 1. The highest BCUT2D eigenvalue weighted by Gasteiger charge is 2.23. The number of rotatable bonds is 5. The Kier molecular flexibility index (Phi) is 9.47. The molecule has 0 bridgehead atoms. The maximum Gasteiger partial charge on any atom is 0.142 e. The molecule has 7 heteroatoms. The monoisotopic (exact) mass is 499 g/mol. The molecule has 0 aliphatic heterocycles. The van der Waals surface area contributed by atoms with Crippen LogP contribution in [0.5, 0.6) is 5.75 Å². The number of aliphatic hydroxyl groups is 1. The molecule has 1 atom stereocenters. The molecule has 1 fully saturated rings. The van der Waals surface area contributed by atoms with E-state index in [1.807, 2.05) is 26.1 Å². The summed E-state index contributed by atoms with van der Waals surface area (Å²) >= 11 is 6.28. The van der Waals surface area contributed by atoms with Crippen LogP contribution in [-0.4, -0.2) is 41.6 Å². The molecule has 188 valence electrons. The van der Waals surface area contributed by atoms with Crippen LogP contribution in [0.15, 0.2) is 41.7 Å². The highest BCUT2D eigenvalue weighted by atomic mass is 35.5. The van der Waals surface area contributed by atoms with Crippen LogP contribution >= 0.6 is 11.6 Å². The summed E-state index contributed by atoms with van der Waals surface area (Å²) < 4.78 is 19.5. The minimum atomic E-state index is -0.465. The van der Waals surface area contributed by atoms with Gasteiger partial charge in [-0.3, -0.25) is 4.99 Å². The summed E-state index contributed by atoms with van der Waals surface area (Å²) in [6.45, 7) is 6.19. The van der Waals surface area contributed by atoms with Crippen LogP contribution in [0.2, 0.25) is 5.02 Å². The van der Waals surface area contributed by atoms with E-state index in [0.717, 1.165) is 46.5 Å². The maximum atomic E-state index is 14.1. The number of nitrogens with zero attached hydrogens (tertiary/aromatic N) is 2. The molecule has 4 rings (SSSR count). The summed E-state index contributed by atoms with van der Waals surface area (Å²) in [5, 5.41) is 10.1. The van der Waals surface area contributed by atoms with Crippen LogP contribution < -0.4 is 4.74 Å². The van der Waals surface area contributed by atoms with E-state index in [9.17, 15) is 4.39 Å². The fourth-order valence-corrected chi connectivity index (χ4v) is 4.84. The normalized spacial score (nSPS) is 19.5. The van der Waals surface area contributed by atoms with E-state index in [1.165, 1.54) is 18.9 Å². The first-order valence-electron chi connectivity index (χ1n) is 12.1. The third-order valence-corrected chi connectivity index (χ3v) is 7.06. The summed E-state index contributed by atoms with van der Waals surface area (Å²) in [5.74, 6) is 0.759. The molecule has 1 saturated carbocycles. The summed E-state index contributed by atoms with van der Waals surface area (Å²) in [6, 6.07) is 4.97. The Morgan fingerprint density at radius 1 is 1.31 bits per heavy atom. The standard InChI is InChI=1S/C21H21ClFN3O.C7H14O/c1-5-13(9-24-3)14-8-15-16(11-26-21(15)25-10-14)12(2)19-18(27-4)7-6-17(23)20(19)22;1-6-2-4-7(8)5-3-6/h5-12H,1-4H3,(H,25,26);6-8H,2-5H2,1H3/b13-5+,24-9?;. The zero-order valence-electron chi connectivity index (χ0n) is 21.1. The van der Waals surface area contributed by atoms with Gasteiger partial charge in [-0.05, 0) is 67.9 Å². The van der Waals surface area contributed by atoms with Gasteiger partial charge in [-0.15, -0.1) is 0 Å². The molecular formula is C28H35ClFN3O2. The molecule has 0 amide bonds. The van der Waals surface area contributed by atoms with Crippen molar-refractivity contribution in [2.24, 2.45) is 10.9 Å². The smallest absolute Gasteiger partial charge is 0.142 e. The molecule has 1 aliphatic carbocycles. The number of methoxy groups -OCH3 is 1. The number of aromatic nitrogens is 2. The van der Waals surface area contributed by atoms with Crippen LogP contribution in [0, 0.1) is 11.7 Å². The highest BCUT2D eigenvalue weighted by Crippen LogP contribution is 2.40. The number of H-pyrrole nitrogens is 1. The predicted molar refractivity (Wildman–Crippen MR) is 143 cm³/mol. The average Bonchev–Trinajstić information content (AvgIpc) is 3.29. The number of aromatic amines is 1. The molecule has 0 saturated heterocycles. The minimum Gasteiger partial charge on any atom is -0.496 e. The molecule has 2 aromatic heterocycles. The van der Waals surface area contributed by atoms with Crippen molar-refractivity contribution in [2.75, 3.05) is 14.2 Å². The number of fused-ring (bicyclic) bond motifs is 1. The Balaban J connectivity index is 0.000000363. The quantitative estimate of drug-likeness (QED) is 0.365. The van der Waals surface area contributed by atoms with E-state index >= 15 is 0 Å². The Morgan fingerprint density at radius 2 is 2.03 bits per heavy atom. The highest BCUT2D eigenvalue weighted by molar-refractivity contribution is 6.31. The lowest BCUT2D eigenvalue weighted by Gasteiger charge is -2.21. The van der Waals surface area contributed by atoms with Gasteiger partial charge in [0.1, 0.15) is 17.2 Å². The van der Waals surface area contributed by atoms with Gasteiger partial charge in [0.25, 0.3) is 0 Å². The second kappa shape index (κ2) is 12.3. The van der Waals surface area contributed by atoms with E-state index in [4.69, 9.17) is 21.4 Å². The minimum absolute atomic E-state index is 0.0196. The van der Waals surface area contributed by atoms with Crippen molar-refractivity contribution < 1.29 is 14.2 Å². The third kappa shape index (κ3) is 6.30. The summed E-state index contributed by atoms with van der Waals surface area (Å²) in [6.07, 6.45) is 12.0. The molecule has 3 aromatic rings. The molecule has 0 spiro atoms. The van der Waals surface area contributed by atoms with Gasteiger partial charge in [0.2, 0.25) is 0 Å². The van der Waals surface area contributed by atoms with Crippen molar-refractivity contribution in [3.63, 3.8) is 0 Å². The van der Waals surface area contributed by atoms with Crippen LogP contribution in [0.3, 0.4) is 0 Å². The number of hydrogen-bond acceptors (Lipinski definition) is 4. The van der Waals surface area contributed by atoms with Gasteiger partial charge < -0.3 is 14.8 Å². The fourth-order valence-electron chi connectivity index (χ4n) is 4.52. The Bertz CT molecular complexity index is 1190. The molecule has 1 unspecified atom stereocenters. The van der Waals surface area contributed by atoms with E-state index < -0.39 is 5.82 Å². The number of hydrogen-bond donors (Lipinski definition) is 2. The number of aliphatic hydroxyl groups excluding tert-OH is 1. The second-order valence-corrected chi connectivity index (χ2v) is 9.49. The first-order chi connectivity index (χ1) is 16.8. The van der Waals surface area contributed by atoms with Crippen molar-refractivity contribution in [3.8, 4) is 5.75 Å². The fraction of sp³-hybridized carbons (Fsp3) is 0.429. The van der Waals surface area contributed by atoms with Crippen molar-refractivity contribution in [3.05, 3.63) is 64.2 Å². The average molecular weight is 500 g/mol. The molecule has 2 heterocycles. The lowest BCUT2D eigenvalue weighted by atomic mass is 9.89. The summed E-state index contributed by atoms with van der Waals surface area (Å²) in [4.78, 5) is 11.8. The van der Waals surface area contributed by atoms with Crippen LogP contribution in [-0.2, 0) is 0 Å². The Labute approximate surface area is 212 Å². The van der Waals surface area contributed by atoms with Crippen LogP contribution in [0.4, 0.5) is 4.39 Å². The predicted octanol–water partition coefficient (Wildman–Crippen LogP) is 7.18. The van der Waals surface area contributed by atoms with E-state index in [1.54, 1.807) is 32.6 Å². The van der Waals surface area contributed by atoms with Gasteiger partial charge in [0.15, 0.2) is 0 Å². The number of ether oxygens (including phenoxy) is 1. The van der Waals surface area contributed by atoms with E-state index in [2.05, 4.69) is 28.0 Å². The molecule has 2 N–H and O–H groups in total. The van der Waals surface area contributed by atoms with Gasteiger partial charge in [-0.25, -0.2) is 9.37 Å². The Hall–Kier alpha value is -2.70. The number of aliphatic imine (C=N–C) groups is 1. The van der Waals surface area contributed by atoms with Gasteiger partial charge in [0, 0.05) is 48.1 Å². The van der Waals surface area contributed by atoms with Gasteiger partial charge in [0.05, 0.1) is 18.2 Å². The number of halogens is 2. The number of allylic oxidation sites excluding steroid dienone is 2. The van der Waals surface area contributed by atoms with Gasteiger partial charge >= 0.3 is 0 Å². The summed E-state index contributed by atoms with van der Waals surface area (Å²) in [5.41, 5.74) is 4.28. The first kappa shape index (κ1) is 26.9. The lowest BCUT2D eigenvalue weighted by Crippen LogP contribution is -2.15. The van der Waals surface area contributed by atoms with Crippen molar-refractivity contribution >= 4 is 34.4 Å². The molecule has 1 aliphatic rings. The molecule has 1 aromatic carbocycles. The topological polar surface area (TPSA) is 70.5 Å². The molecule has 0 radical (unpaired) electrons. The summed E-state index contributed by atoms with van der Waals surface area (Å²) in [7, 11) is 3.29. The maximum absolute atomic E-state index is 14.1. The Morgan fingerprint density at radius 3 is 2.63 bits per heavy atom. The van der Waals surface area contributed by atoms with Crippen molar-refractivity contribution in [1.29, 1.82) is 0 Å². The van der Waals surface area contributed by atoms with E-state index in [0.29, 0.717) is 11.3 Å². The lowest BCUT2D eigenvalue weighted by molar-refractivity contribution is 0.112. The van der Waals surface area contributed by atoms with Crippen LogP contribution in [0.1, 0.15) is 69.1 Å². The number of pyridine rings is 1. The van der Waals surface area contributed by atoms with Gasteiger partial charge in [-0.2, -0.15) is 0 Å². The van der Waals surface area contributed by atoms with Crippen molar-refractivity contribution in [2.45, 2.75) is 58.5 Å². The zero-order chi connectivity index (χ0) is 25.5. The van der Waals surface area contributed by atoms with Crippen molar-refractivity contribution in [1.82, 2.24) is 9.97 Å². The zero-order valence-corrected chi connectivity index (χ0v) is 21.9. The first-order valence-corrected chi connectivity index (χ1v) is 12.4. The SMILES string of the molecule is C/C=C(\C=NC)c1cnc2[nH]cc(C(C)c3c(OC)ccc(F)c3Cl)c2c1.CC1CCC(O)CC1. The largest absolute Gasteiger partial charge is 0.496 e. The molecule has 5 nitrogen and oxygen atoms in total. The second-order valence-electron chi connectivity index (χ2n) is 9.11. The molecule has 35 heavy (non-hydrogen) atoms.